The van der Waals surface area contributed by atoms with Crippen LogP contribution in [0.4, 0.5) is 5.69 Å². The lowest BCUT2D eigenvalue weighted by atomic mass is 10.2. The fourth-order valence-corrected chi connectivity index (χ4v) is 2.02. The third kappa shape index (κ3) is 3.43. The number of aromatic amines is 2. The zero-order valence-corrected chi connectivity index (χ0v) is 11.2. The highest BCUT2D eigenvalue weighted by atomic mass is 32.2. The van der Waals surface area contributed by atoms with Crippen molar-refractivity contribution in [2.24, 2.45) is 5.14 Å². The van der Waals surface area contributed by atoms with E-state index in [2.05, 4.69) is 10.3 Å². The van der Waals surface area contributed by atoms with E-state index in [0.717, 1.165) is 6.20 Å². The number of carbonyl (C=O) groups is 1. The van der Waals surface area contributed by atoms with Crippen LogP contribution in [0, 0.1) is 0 Å². The lowest BCUT2D eigenvalue weighted by Crippen LogP contribution is -2.29. The molecule has 0 aliphatic rings. The zero-order chi connectivity index (χ0) is 15.6. The molecule has 0 aliphatic heterocycles. The summed E-state index contributed by atoms with van der Waals surface area (Å²) in [7, 11) is -3.82. The van der Waals surface area contributed by atoms with E-state index in [1.807, 2.05) is 4.98 Å². The van der Waals surface area contributed by atoms with Crippen LogP contribution in [-0.2, 0) is 10.0 Å². The van der Waals surface area contributed by atoms with Crippen molar-refractivity contribution in [1.29, 1.82) is 0 Å². The molecular formula is C11H10N4O5S. The standard InChI is InChI=1S/C11H10N4O5S/c12-21(19,20)7-3-1-6(2-4-7)14-9(16)8-5-13-11(18)15-10(8)17/h1-5H,(H,14,16)(H2,12,19,20)(H2,13,15,17,18). The van der Waals surface area contributed by atoms with Crippen LogP contribution in [0.15, 0.2) is 44.9 Å². The number of nitrogens with two attached hydrogens (primary N) is 1. The minimum Gasteiger partial charge on any atom is -0.322 e. The highest BCUT2D eigenvalue weighted by Gasteiger charge is 2.12. The second-order valence-electron chi connectivity index (χ2n) is 4.01. The Morgan fingerprint density at radius 2 is 1.76 bits per heavy atom. The van der Waals surface area contributed by atoms with Gasteiger partial charge in [0.15, 0.2) is 0 Å². The number of carbonyl (C=O) groups excluding carboxylic acids is 1. The number of primary sulfonamides is 1. The monoisotopic (exact) mass is 310 g/mol. The van der Waals surface area contributed by atoms with Gasteiger partial charge in [-0.05, 0) is 24.3 Å². The van der Waals surface area contributed by atoms with Crippen molar-refractivity contribution in [2.45, 2.75) is 4.90 Å². The summed E-state index contributed by atoms with van der Waals surface area (Å²) in [5, 5.41) is 7.32. The first kappa shape index (κ1) is 14.7. The summed E-state index contributed by atoms with van der Waals surface area (Å²) < 4.78 is 22.2. The molecule has 0 radical (unpaired) electrons. The number of hydrogen-bond donors (Lipinski definition) is 4. The molecule has 1 aromatic heterocycles. The summed E-state index contributed by atoms with van der Waals surface area (Å²) >= 11 is 0. The van der Waals surface area contributed by atoms with Gasteiger partial charge in [-0.3, -0.25) is 14.6 Å². The van der Waals surface area contributed by atoms with Crippen LogP contribution in [0.5, 0.6) is 0 Å². The molecule has 0 saturated carbocycles. The van der Waals surface area contributed by atoms with Gasteiger partial charge < -0.3 is 10.3 Å². The van der Waals surface area contributed by atoms with Crippen LogP contribution in [0.1, 0.15) is 10.4 Å². The first-order valence-electron chi connectivity index (χ1n) is 5.53. The van der Waals surface area contributed by atoms with E-state index in [4.69, 9.17) is 5.14 Å². The van der Waals surface area contributed by atoms with Crippen LogP contribution >= 0.6 is 0 Å². The van der Waals surface area contributed by atoms with Crippen LogP contribution in [-0.4, -0.2) is 24.3 Å². The maximum absolute atomic E-state index is 11.8. The van der Waals surface area contributed by atoms with E-state index in [1.54, 1.807) is 0 Å². The molecule has 1 heterocycles. The first-order valence-corrected chi connectivity index (χ1v) is 7.08. The Kier molecular flexibility index (Phi) is 3.74. The third-order valence-corrected chi connectivity index (χ3v) is 3.43. The number of benzene rings is 1. The second kappa shape index (κ2) is 5.34. The molecule has 9 nitrogen and oxygen atoms in total. The number of rotatable bonds is 3. The van der Waals surface area contributed by atoms with Crippen LogP contribution in [0.3, 0.4) is 0 Å². The van der Waals surface area contributed by atoms with Gasteiger partial charge in [-0.15, -0.1) is 0 Å². The van der Waals surface area contributed by atoms with Crippen molar-refractivity contribution in [3.63, 3.8) is 0 Å². The van der Waals surface area contributed by atoms with Gasteiger partial charge in [-0.1, -0.05) is 0 Å². The molecule has 2 aromatic rings. The smallest absolute Gasteiger partial charge is 0.322 e. The van der Waals surface area contributed by atoms with Gasteiger partial charge in [0.05, 0.1) is 4.90 Å². The predicted octanol–water partition coefficient (Wildman–Crippen LogP) is -1.04. The molecule has 0 atom stereocenters. The summed E-state index contributed by atoms with van der Waals surface area (Å²) in [6.45, 7) is 0. The summed E-state index contributed by atoms with van der Waals surface area (Å²) in [5.74, 6) is -0.754. The van der Waals surface area contributed by atoms with E-state index in [1.165, 1.54) is 24.3 Å². The number of anilines is 1. The highest BCUT2D eigenvalue weighted by molar-refractivity contribution is 7.89. The van der Waals surface area contributed by atoms with Gasteiger partial charge in [0.2, 0.25) is 10.0 Å². The van der Waals surface area contributed by atoms with Gasteiger partial charge >= 0.3 is 5.69 Å². The lowest BCUT2D eigenvalue weighted by Gasteiger charge is -2.05. The van der Waals surface area contributed by atoms with Crippen LogP contribution < -0.4 is 21.7 Å². The molecule has 0 saturated heterocycles. The summed E-state index contributed by atoms with van der Waals surface area (Å²) in [5.41, 5.74) is -1.59. The Morgan fingerprint density at radius 1 is 1.14 bits per heavy atom. The van der Waals surface area contributed by atoms with Gasteiger partial charge in [0.1, 0.15) is 5.56 Å². The van der Waals surface area contributed by atoms with E-state index < -0.39 is 27.2 Å². The van der Waals surface area contributed by atoms with Crippen molar-refractivity contribution in [3.05, 3.63) is 56.9 Å². The molecule has 0 spiro atoms. The number of H-pyrrole nitrogens is 2. The molecule has 1 aromatic carbocycles. The quantitative estimate of drug-likeness (QED) is 0.570. The van der Waals surface area contributed by atoms with Crippen molar-refractivity contribution < 1.29 is 13.2 Å². The fraction of sp³-hybridized carbons (Fsp3) is 0. The minimum atomic E-state index is -3.82. The van der Waals surface area contributed by atoms with Crippen LogP contribution in [0.2, 0.25) is 0 Å². The SMILES string of the molecule is NS(=O)(=O)c1ccc(NC(=O)c2c[nH]c(=O)[nH]c2=O)cc1. The van der Waals surface area contributed by atoms with Gasteiger partial charge in [-0.25, -0.2) is 18.4 Å². The van der Waals surface area contributed by atoms with Crippen molar-refractivity contribution in [2.75, 3.05) is 5.32 Å². The largest absolute Gasteiger partial charge is 0.325 e. The Morgan fingerprint density at radius 3 is 2.29 bits per heavy atom. The molecular weight excluding hydrogens is 300 g/mol. The van der Waals surface area contributed by atoms with Gasteiger partial charge in [0.25, 0.3) is 11.5 Å². The van der Waals surface area contributed by atoms with Crippen molar-refractivity contribution >= 4 is 21.6 Å². The Hall–Kier alpha value is -2.72. The second-order valence-corrected chi connectivity index (χ2v) is 5.57. The molecule has 21 heavy (non-hydrogen) atoms. The maximum Gasteiger partial charge on any atom is 0.325 e. The van der Waals surface area contributed by atoms with E-state index in [0.29, 0.717) is 0 Å². The maximum atomic E-state index is 11.8. The number of nitrogens with one attached hydrogen (secondary N) is 3. The molecule has 110 valence electrons. The zero-order valence-electron chi connectivity index (χ0n) is 10.4. The number of amides is 1. The van der Waals surface area contributed by atoms with E-state index in [9.17, 15) is 22.8 Å². The Bertz CT molecular complexity index is 895. The summed E-state index contributed by atoms with van der Waals surface area (Å²) in [6, 6.07) is 5.05. The minimum absolute atomic E-state index is 0.109. The Labute approximate surface area is 117 Å². The first-order chi connectivity index (χ1) is 9.77. The average molecular weight is 310 g/mol. The molecule has 0 aliphatic carbocycles. The number of sulfonamides is 1. The number of aromatic nitrogens is 2. The Balaban J connectivity index is 2.24. The van der Waals surface area contributed by atoms with Gasteiger partial charge in [-0.2, -0.15) is 0 Å². The average Bonchev–Trinajstić information content (AvgIpc) is 2.38. The third-order valence-electron chi connectivity index (χ3n) is 2.50. The summed E-state index contributed by atoms with van der Waals surface area (Å²) in [6.07, 6.45) is 0.981. The molecule has 10 heteroatoms. The fourth-order valence-electron chi connectivity index (χ4n) is 1.50. The number of hydrogen-bond acceptors (Lipinski definition) is 5. The van der Waals surface area contributed by atoms with E-state index >= 15 is 0 Å². The topological polar surface area (TPSA) is 155 Å². The molecule has 1 amide bonds. The van der Waals surface area contributed by atoms with Crippen LogP contribution in [0.25, 0.3) is 0 Å². The predicted molar refractivity (Wildman–Crippen MR) is 73.5 cm³/mol. The molecule has 5 N–H and O–H groups in total. The highest BCUT2D eigenvalue weighted by Crippen LogP contribution is 2.13. The van der Waals surface area contributed by atoms with Crippen molar-refractivity contribution in [1.82, 2.24) is 9.97 Å². The van der Waals surface area contributed by atoms with E-state index in [-0.39, 0.29) is 16.1 Å². The normalized spacial score (nSPS) is 11.1. The molecule has 0 unspecified atom stereocenters. The molecule has 0 bridgehead atoms. The molecule has 0 fully saturated rings. The lowest BCUT2D eigenvalue weighted by molar-refractivity contribution is 0.102. The van der Waals surface area contributed by atoms with Crippen molar-refractivity contribution in [3.8, 4) is 0 Å². The molecule has 2 rings (SSSR count). The summed E-state index contributed by atoms with van der Waals surface area (Å²) in [4.78, 5) is 38.1. The van der Waals surface area contributed by atoms with Gasteiger partial charge in [0, 0.05) is 11.9 Å².